The summed E-state index contributed by atoms with van der Waals surface area (Å²) in [5, 5.41) is 18.8. The van der Waals surface area contributed by atoms with Crippen LogP contribution >= 0.6 is 0 Å². The van der Waals surface area contributed by atoms with Gasteiger partial charge >= 0.3 is 0 Å². The molecule has 96 valence electrons. The highest BCUT2D eigenvalue weighted by molar-refractivity contribution is 6.02. The molecule has 0 aromatic heterocycles. The molecule has 0 unspecified atom stereocenters. The second-order valence-electron chi connectivity index (χ2n) is 4.71. The average molecular weight is 258 g/mol. The van der Waals surface area contributed by atoms with Crippen LogP contribution < -0.4 is 0 Å². The molecule has 0 heterocycles. The first kappa shape index (κ1) is 13.6. The second-order valence-corrected chi connectivity index (χ2v) is 4.71. The predicted molar refractivity (Wildman–Crippen MR) is 80.4 cm³/mol. The van der Waals surface area contributed by atoms with E-state index >= 15 is 0 Å². The Balaban J connectivity index is 2.60. The third-order valence-electron chi connectivity index (χ3n) is 3.15. The van der Waals surface area contributed by atoms with Crippen LogP contribution in [0.5, 0.6) is 0 Å². The SMILES string of the molecule is Cc1ccc(C(C#N)=C(C#N)c2ccc(C)cc2)cc1. The summed E-state index contributed by atoms with van der Waals surface area (Å²) in [6, 6.07) is 19.6. The van der Waals surface area contributed by atoms with Crippen LogP contribution in [0.25, 0.3) is 11.1 Å². The zero-order valence-corrected chi connectivity index (χ0v) is 11.5. The molecule has 0 fully saturated rings. The summed E-state index contributed by atoms with van der Waals surface area (Å²) in [7, 11) is 0. The van der Waals surface area contributed by atoms with Gasteiger partial charge < -0.3 is 0 Å². The van der Waals surface area contributed by atoms with E-state index < -0.39 is 0 Å². The fourth-order valence-electron chi connectivity index (χ4n) is 1.97. The molecule has 0 saturated heterocycles. The minimum absolute atomic E-state index is 0.413. The molecule has 0 amide bonds. The highest BCUT2D eigenvalue weighted by Gasteiger charge is 2.11. The third kappa shape index (κ3) is 2.76. The molecular weight excluding hydrogens is 244 g/mol. The fraction of sp³-hybridized carbons (Fsp3) is 0.111. The summed E-state index contributed by atoms with van der Waals surface area (Å²) in [6.07, 6.45) is 0. The molecule has 0 bridgehead atoms. The average Bonchev–Trinajstić information content (AvgIpc) is 2.47. The van der Waals surface area contributed by atoms with Gasteiger partial charge in [-0.05, 0) is 25.0 Å². The summed E-state index contributed by atoms with van der Waals surface area (Å²) < 4.78 is 0. The van der Waals surface area contributed by atoms with Crippen LogP contribution in [-0.4, -0.2) is 0 Å². The Bertz CT molecular complexity index is 655. The lowest BCUT2D eigenvalue weighted by Crippen LogP contribution is -1.90. The van der Waals surface area contributed by atoms with Crippen molar-refractivity contribution in [2.45, 2.75) is 13.8 Å². The molecule has 0 saturated carbocycles. The molecule has 0 spiro atoms. The maximum atomic E-state index is 9.41. The van der Waals surface area contributed by atoms with E-state index in [1.54, 1.807) is 0 Å². The van der Waals surface area contributed by atoms with Crippen LogP contribution in [0.3, 0.4) is 0 Å². The van der Waals surface area contributed by atoms with Crippen LogP contribution in [-0.2, 0) is 0 Å². The van der Waals surface area contributed by atoms with Gasteiger partial charge in [0.05, 0.1) is 11.1 Å². The molecule has 2 aromatic carbocycles. The Labute approximate surface area is 119 Å². The summed E-state index contributed by atoms with van der Waals surface area (Å²) in [4.78, 5) is 0. The van der Waals surface area contributed by atoms with Crippen molar-refractivity contribution in [3.8, 4) is 12.1 Å². The van der Waals surface area contributed by atoms with Crippen molar-refractivity contribution in [3.63, 3.8) is 0 Å². The lowest BCUT2D eigenvalue weighted by atomic mass is 9.95. The summed E-state index contributed by atoms with van der Waals surface area (Å²) >= 11 is 0. The van der Waals surface area contributed by atoms with Crippen LogP contribution in [0, 0.1) is 36.5 Å². The first-order chi connectivity index (χ1) is 9.65. The van der Waals surface area contributed by atoms with Crippen LogP contribution in [0.1, 0.15) is 22.3 Å². The number of hydrogen-bond acceptors (Lipinski definition) is 2. The molecule has 20 heavy (non-hydrogen) atoms. The maximum absolute atomic E-state index is 9.41. The van der Waals surface area contributed by atoms with E-state index in [2.05, 4.69) is 12.1 Å². The van der Waals surface area contributed by atoms with Crippen molar-refractivity contribution in [1.29, 1.82) is 10.5 Å². The van der Waals surface area contributed by atoms with Crippen molar-refractivity contribution >= 4 is 11.1 Å². The molecule has 0 atom stereocenters. The molecule has 0 aliphatic rings. The van der Waals surface area contributed by atoms with Gasteiger partial charge in [0, 0.05) is 0 Å². The van der Waals surface area contributed by atoms with E-state index in [-0.39, 0.29) is 0 Å². The molecule has 0 N–H and O–H groups in total. The monoisotopic (exact) mass is 258 g/mol. The van der Waals surface area contributed by atoms with Gasteiger partial charge in [-0.15, -0.1) is 0 Å². The second kappa shape index (κ2) is 5.87. The molecule has 2 nitrogen and oxygen atoms in total. The number of hydrogen-bond donors (Lipinski definition) is 0. The number of rotatable bonds is 2. The van der Waals surface area contributed by atoms with E-state index in [4.69, 9.17) is 0 Å². The van der Waals surface area contributed by atoms with Gasteiger partial charge in [-0.3, -0.25) is 0 Å². The van der Waals surface area contributed by atoms with Gasteiger partial charge in [0.2, 0.25) is 0 Å². The standard InChI is InChI=1S/C18H14N2/c1-13-3-7-15(8-4-13)17(11-19)18(12-20)16-9-5-14(2)6-10-16/h3-10H,1-2H3. The maximum Gasteiger partial charge on any atom is 0.101 e. The van der Waals surface area contributed by atoms with Crippen LogP contribution in [0.4, 0.5) is 0 Å². The van der Waals surface area contributed by atoms with Crippen molar-refractivity contribution in [2.24, 2.45) is 0 Å². The van der Waals surface area contributed by atoms with Gasteiger partial charge in [-0.2, -0.15) is 10.5 Å². The van der Waals surface area contributed by atoms with E-state index in [9.17, 15) is 10.5 Å². The quantitative estimate of drug-likeness (QED) is 0.596. The number of aryl methyl sites for hydroxylation is 2. The molecule has 2 heteroatoms. The number of nitriles is 2. The minimum atomic E-state index is 0.413. The number of allylic oxidation sites excluding steroid dienone is 2. The zero-order chi connectivity index (χ0) is 14.5. The minimum Gasteiger partial charge on any atom is -0.192 e. The third-order valence-corrected chi connectivity index (χ3v) is 3.15. The molecular formula is C18H14N2. The van der Waals surface area contributed by atoms with E-state index in [1.807, 2.05) is 62.4 Å². The Hall–Kier alpha value is -2.84. The van der Waals surface area contributed by atoms with Crippen molar-refractivity contribution in [2.75, 3.05) is 0 Å². The first-order valence-electron chi connectivity index (χ1n) is 6.34. The largest absolute Gasteiger partial charge is 0.192 e. The molecule has 0 aliphatic heterocycles. The molecule has 2 rings (SSSR count). The van der Waals surface area contributed by atoms with E-state index in [0.717, 1.165) is 22.3 Å². The Morgan fingerprint density at radius 2 is 0.950 bits per heavy atom. The summed E-state index contributed by atoms with van der Waals surface area (Å²) in [5.74, 6) is 0. The highest BCUT2D eigenvalue weighted by atomic mass is 14.3. The summed E-state index contributed by atoms with van der Waals surface area (Å²) in [5.41, 5.74) is 4.62. The number of benzene rings is 2. The van der Waals surface area contributed by atoms with Crippen molar-refractivity contribution in [1.82, 2.24) is 0 Å². The topological polar surface area (TPSA) is 47.6 Å². The van der Waals surface area contributed by atoms with Gasteiger partial charge in [0.25, 0.3) is 0 Å². The Morgan fingerprint density at radius 1 is 0.650 bits per heavy atom. The molecule has 0 radical (unpaired) electrons. The van der Waals surface area contributed by atoms with Gasteiger partial charge in [-0.1, -0.05) is 59.7 Å². The van der Waals surface area contributed by atoms with Gasteiger partial charge in [-0.25, -0.2) is 0 Å². The van der Waals surface area contributed by atoms with Crippen molar-refractivity contribution in [3.05, 3.63) is 70.8 Å². The number of nitrogens with zero attached hydrogens (tertiary/aromatic N) is 2. The van der Waals surface area contributed by atoms with Crippen LogP contribution in [0.15, 0.2) is 48.5 Å². The van der Waals surface area contributed by atoms with Gasteiger partial charge in [0.15, 0.2) is 0 Å². The lowest BCUT2D eigenvalue weighted by molar-refractivity contribution is 1.43. The lowest BCUT2D eigenvalue weighted by Gasteiger charge is -2.05. The van der Waals surface area contributed by atoms with Gasteiger partial charge in [0.1, 0.15) is 12.1 Å². The highest BCUT2D eigenvalue weighted by Crippen LogP contribution is 2.26. The molecule has 2 aromatic rings. The normalized spacial score (nSPS) is 11.2. The fourth-order valence-corrected chi connectivity index (χ4v) is 1.97. The predicted octanol–water partition coefficient (Wildman–Crippen LogP) is 4.26. The summed E-state index contributed by atoms with van der Waals surface area (Å²) in [6.45, 7) is 3.98. The van der Waals surface area contributed by atoms with Crippen LogP contribution in [0.2, 0.25) is 0 Å². The Morgan fingerprint density at radius 3 is 1.20 bits per heavy atom. The van der Waals surface area contributed by atoms with E-state index in [1.165, 1.54) is 0 Å². The van der Waals surface area contributed by atoms with Crippen molar-refractivity contribution < 1.29 is 0 Å². The van der Waals surface area contributed by atoms with E-state index in [0.29, 0.717) is 11.1 Å². The Kier molecular flexibility index (Phi) is 3.99. The zero-order valence-electron chi connectivity index (χ0n) is 11.5. The smallest absolute Gasteiger partial charge is 0.101 e. The molecule has 0 aliphatic carbocycles. The first-order valence-corrected chi connectivity index (χ1v) is 6.34.